The number of halogens is 1. The van der Waals surface area contributed by atoms with Crippen LogP contribution >= 0.6 is 11.6 Å². The number of aryl methyl sites for hydroxylation is 2. The number of anilines is 1. The van der Waals surface area contributed by atoms with Crippen LogP contribution in [-0.2, 0) is 0 Å². The predicted octanol–water partition coefficient (Wildman–Crippen LogP) is 4.27. The Morgan fingerprint density at radius 1 is 1.29 bits per heavy atom. The highest BCUT2D eigenvalue weighted by Crippen LogP contribution is 2.33. The minimum atomic E-state index is -0.198. The Morgan fingerprint density at radius 3 is 2.96 bits per heavy atom. The molecule has 0 unspecified atom stereocenters. The number of rotatable bonds is 3. The lowest BCUT2D eigenvalue weighted by molar-refractivity contribution is 0.102. The van der Waals surface area contributed by atoms with Gasteiger partial charge in [0, 0.05) is 30.0 Å². The van der Waals surface area contributed by atoms with Crippen LogP contribution in [0.4, 0.5) is 5.95 Å². The van der Waals surface area contributed by atoms with Crippen molar-refractivity contribution in [1.29, 1.82) is 0 Å². The van der Waals surface area contributed by atoms with Gasteiger partial charge < -0.3 is 9.88 Å². The number of pyridine rings is 1. The molecule has 7 heteroatoms. The second-order valence-electron chi connectivity index (χ2n) is 7.41. The molecule has 1 aliphatic rings. The van der Waals surface area contributed by atoms with Crippen LogP contribution in [0.25, 0.3) is 11.0 Å². The van der Waals surface area contributed by atoms with E-state index < -0.39 is 0 Å². The molecule has 0 aliphatic carbocycles. The molecule has 2 aromatic heterocycles. The maximum atomic E-state index is 12.9. The molecule has 6 nitrogen and oxygen atoms in total. The van der Waals surface area contributed by atoms with Crippen molar-refractivity contribution in [2.24, 2.45) is 0 Å². The van der Waals surface area contributed by atoms with Crippen LogP contribution < -0.4 is 10.6 Å². The average molecular weight is 398 g/mol. The predicted molar refractivity (Wildman–Crippen MR) is 112 cm³/mol. The fourth-order valence-corrected chi connectivity index (χ4v) is 4.20. The van der Waals surface area contributed by atoms with Crippen LogP contribution in [0.1, 0.15) is 46.9 Å². The van der Waals surface area contributed by atoms with Gasteiger partial charge in [-0.1, -0.05) is 18.0 Å². The number of amides is 1. The van der Waals surface area contributed by atoms with Crippen LogP contribution in [0, 0.1) is 13.8 Å². The number of hydrogen-bond acceptors (Lipinski definition) is 4. The lowest BCUT2D eigenvalue weighted by Crippen LogP contribution is -2.25. The molecule has 3 aromatic rings. The van der Waals surface area contributed by atoms with Crippen molar-refractivity contribution in [2.45, 2.75) is 39.2 Å². The van der Waals surface area contributed by atoms with E-state index in [2.05, 4.69) is 20.2 Å². The standard InChI is InChI=1S/C21H24ClN5O/c1-13-9-17(22)19-18(10-13)25-21(27(19)16-5-3-4-7-23-12-16)26-20(28)15-6-8-24-14(2)11-15/h6,8-11,16,23H,3-5,7,12H2,1-2H3,(H,25,26,28)/t16-/m1/s1. The number of imidazole rings is 1. The van der Waals surface area contributed by atoms with E-state index in [4.69, 9.17) is 16.6 Å². The summed E-state index contributed by atoms with van der Waals surface area (Å²) >= 11 is 6.61. The van der Waals surface area contributed by atoms with Gasteiger partial charge in [0.15, 0.2) is 0 Å². The highest BCUT2D eigenvalue weighted by Gasteiger charge is 2.24. The molecule has 2 N–H and O–H groups in total. The smallest absolute Gasteiger partial charge is 0.258 e. The minimum Gasteiger partial charge on any atom is -0.315 e. The number of aromatic nitrogens is 3. The molecule has 1 aromatic carbocycles. The lowest BCUT2D eigenvalue weighted by atomic mass is 10.1. The third-order valence-corrected chi connectivity index (χ3v) is 5.44. The maximum Gasteiger partial charge on any atom is 0.258 e. The van der Waals surface area contributed by atoms with Gasteiger partial charge in [0.05, 0.1) is 16.1 Å². The lowest BCUT2D eigenvalue weighted by Gasteiger charge is -2.20. The molecular formula is C21H24ClN5O. The Hall–Kier alpha value is -2.44. The third kappa shape index (κ3) is 3.75. The third-order valence-electron chi connectivity index (χ3n) is 5.15. The molecule has 3 heterocycles. The highest BCUT2D eigenvalue weighted by molar-refractivity contribution is 6.35. The molecule has 1 atom stereocenters. The van der Waals surface area contributed by atoms with E-state index in [9.17, 15) is 4.79 Å². The van der Waals surface area contributed by atoms with Gasteiger partial charge in [-0.2, -0.15) is 0 Å². The largest absolute Gasteiger partial charge is 0.315 e. The summed E-state index contributed by atoms with van der Waals surface area (Å²) in [6.45, 7) is 5.70. The fraction of sp³-hybridized carbons (Fsp3) is 0.381. The zero-order valence-electron chi connectivity index (χ0n) is 16.1. The van der Waals surface area contributed by atoms with Crippen LogP contribution in [-0.4, -0.2) is 33.5 Å². The van der Waals surface area contributed by atoms with Gasteiger partial charge in [-0.25, -0.2) is 4.98 Å². The number of fused-ring (bicyclic) bond motifs is 1. The molecule has 1 saturated heterocycles. The molecule has 0 saturated carbocycles. The second-order valence-corrected chi connectivity index (χ2v) is 7.82. The number of carbonyl (C=O) groups is 1. The summed E-state index contributed by atoms with van der Waals surface area (Å²) in [6.07, 6.45) is 4.92. The molecule has 4 rings (SSSR count). The number of nitrogens with one attached hydrogen (secondary N) is 2. The highest BCUT2D eigenvalue weighted by atomic mass is 35.5. The van der Waals surface area contributed by atoms with E-state index >= 15 is 0 Å². The number of hydrogen-bond donors (Lipinski definition) is 2. The topological polar surface area (TPSA) is 71.8 Å². The summed E-state index contributed by atoms with van der Waals surface area (Å²) < 4.78 is 2.10. The molecule has 1 amide bonds. The Kier molecular flexibility index (Phi) is 5.33. The van der Waals surface area contributed by atoms with E-state index in [0.717, 1.165) is 54.6 Å². The number of nitrogens with zero attached hydrogens (tertiary/aromatic N) is 3. The van der Waals surface area contributed by atoms with Crippen LogP contribution in [0.5, 0.6) is 0 Å². The van der Waals surface area contributed by atoms with E-state index in [-0.39, 0.29) is 11.9 Å². The molecule has 0 spiro atoms. The van der Waals surface area contributed by atoms with Crippen molar-refractivity contribution in [3.05, 3.63) is 52.3 Å². The first-order valence-corrected chi connectivity index (χ1v) is 10.0. The van der Waals surface area contributed by atoms with Crippen LogP contribution in [0.2, 0.25) is 5.02 Å². The summed E-state index contributed by atoms with van der Waals surface area (Å²) in [5.74, 6) is 0.340. The van der Waals surface area contributed by atoms with Crippen molar-refractivity contribution in [3.8, 4) is 0 Å². The monoisotopic (exact) mass is 397 g/mol. The van der Waals surface area contributed by atoms with Gasteiger partial charge in [0.2, 0.25) is 5.95 Å². The molecule has 1 fully saturated rings. The van der Waals surface area contributed by atoms with Crippen molar-refractivity contribution in [2.75, 3.05) is 18.4 Å². The van der Waals surface area contributed by atoms with Crippen molar-refractivity contribution >= 4 is 34.5 Å². The van der Waals surface area contributed by atoms with E-state index in [0.29, 0.717) is 16.5 Å². The molecule has 146 valence electrons. The Bertz CT molecular complexity index is 1020. The van der Waals surface area contributed by atoms with Crippen molar-refractivity contribution < 1.29 is 4.79 Å². The molecular weight excluding hydrogens is 374 g/mol. The van der Waals surface area contributed by atoms with Crippen LogP contribution in [0.15, 0.2) is 30.5 Å². The Balaban J connectivity index is 1.79. The molecule has 1 aliphatic heterocycles. The zero-order chi connectivity index (χ0) is 19.7. The van der Waals surface area contributed by atoms with E-state index in [1.165, 1.54) is 0 Å². The summed E-state index contributed by atoms with van der Waals surface area (Å²) in [5.41, 5.74) is 4.08. The first-order valence-electron chi connectivity index (χ1n) is 9.66. The van der Waals surface area contributed by atoms with Gasteiger partial charge in [0.25, 0.3) is 5.91 Å². The summed E-state index contributed by atoms with van der Waals surface area (Å²) in [4.78, 5) is 21.7. The van der Waals surface area contributed by atoms with Crippen molar-refractivity contribution in [3.63, 3.8) is 0 Å². The normalized spacial score (nSPS) is 17.5. The summed E-state index contributed by atoms with van der Waals surface area (Å²) in [5, 5.41) is 7.15. The zero-order valence-corrected chi connectivity index (χ0v) is 16.9. The average Bonchev–Trinajstić information content (AvgIpc) is 2.82. The van der Waals surface area contributed by atoms with Gasteiger partial charge in [-0.15, -0.1) is 0 Å². The first kappa shape index (κ1) is 18.9. The van der Waals surface area contributed by atoms with Crippen LogP contribution in [0.3, 0.4) is 0 Å². The fourth-order valence-electron chi connectivity index (χ4n) is 3.84. The van der Waals surface area contributed by atoms with Gasteiger partial charge in [0.1, 0.15) is 0 Å². The number of benzene rings is 1. The SMILES string of the molecule is Cc1cc(Cl)c2c(c1)nc(NC(=O)c1ccnc(C)c1)n2[C@@H]1CCCCNC1. The summed E-state index contributed by atoms with van der Waals surface area (Å²) in [6, 6.07) is 7.62. The number of carbonyl (C=O) groups excluding carboxylic acids is 1. The first-order chi connectivity index (χ1) is 13.5. The van der Waals surface area contributed by atoms with Gasteiger partial charge in [-0.3, -0.25) is 15.1 Å². The Morgan fingerprint density at radius 2 is 2.14 bits per heavy atom. The molecule has 28 heavy (non-hydrogen) atoms. The minimum absolute atomic E-state index is 0.183. The van der Waals surface area contributed by atoms with E-state index in [1.54, 1.807) is 18.3 Å². The molecule has 0 radical (unpaired) electrons. The Labute approximate surface area is 169 Å². The second kappa shape index (κ2) is 7.89. The van der Waals surface area contributed by atoms with Crippen molar-refractivity contribution in [1.82, 2.24) is 19.9 Å². The van der Waals surface area contributed by atoms with Gasteiger partial charge in [-0.05, 0) is 63.1 Å². The molecule has 0 bridgehead atoms. The van der Waals surface area contributed by atoms with E-state index in [1.807, 2.05) is 26.0 Å². The maximum absolute atomic E-state index is 12.9. The quantitative estimate of drug-likeness (QED) is 0.692. The van der Waals surface area contributed by atoms with Gasteiger partial charge >= 0.3 is 0 Å². The summed E-state index contributed by atoms with van der Waals surface area (Å²) in [7, 11) is 0.